The van der Waals surface area contributed by atoms with Crippen LogP contribution in [0.3, 0.4) is 0 Å². The van der Waals surface area contributed by atoms with E-state index in [0.717, 1.165) is 22.1 Å². The third-order valence-corrected chi connectivity index (χ3v) is 5.51. The minimum Gasteiger partial charge on any atom is -0.352 e. The summed E-state index contributed by atoms with van der Waals surface area (Å²) in [5.41, 5.74) is 2.09. The summed E-state index contributed by atoms with van der Waals surface area (Å²) in [6, 6.07) is 11.6. The number of amides is 1. The molecule has 0 saturated carbocycles. The van der Waals surface area contributed by atoms with Gasteiger partial charge in [0.2, 0.25) is 5.91 Å². The lowest BCUT2D eigenvalue weighted by Crippen LogP contribution is -2.45. The molecule has 6 nitrogen and oxygen atoms in total. The van der Waals surface area contributed by atoms with Gasteiger partial charge in [-0.15, -0.1) is 0 Å². The van der Waals surface area contributed by atoms with Crippen LogP contribution in [0.25, 0.3) is 16.6 Å². The predicted octanol–water partition coefficient (Wildman–Crippen LogP) is 3.24. The fraction of sp³-hybridized carbons (Fsp3) is 0.348. The molecule has 1 heterocycles. The predicted molar refractivity (Wildman–Crippen MR) is 116 cm³/mol. The van der Waals surface area contributed by atoms with Gasteiger partial charge in [0, 0.05) is 6.04 Å². The van der Waals surface area contributed by atoms with Crippen molar-refractivity contribution < 1.29 is 4.79 Å². The third kappa shape index (κ3) is 3.75. The number of aromatic nitrogens is 2. The van der Waals surface area contributed by atoms with Crippen LogP contribution in [0, 0.1) is 13.8 Å². The zero-order valence-electron chi connectivity index (χ0n) is 17.5. The molecule has 152 valence electrons. The summed E-state index contributed by atoms with van der Waals surface area (Å²) < 4.78 is 2.56. The Balaban J connectivity index is 2.30. The molecule has 0 aliphatic heterocycles. The third-order valence-electron chi connectivity index (χ3n) is 5.51. The Labute approximate surface area is 169 Å². The second-order valence-corrected chi connectivity index (χ2v) is 7.57. The highest BCUT2D eigenvalue weighted by atomic mass is 16.2. The van der Waals surface area contributed by atoms with E-state index >= 15 is 0 Å². The van der Waals surface area contributed by atoms with Gasteiger partial charge in [-0.25, -0.2) is 9.36 Å². The van der Waals surface area contributed by atoms with Crippen LogP contribution in [0.2, 0.25) is 0 Å². The van der Waals surface area contributed by atoms with E-state index in [-0.39, 0.29) is 17.5 Å². The van der Waals surface area contributed by atoms with E-state index in [9.17, 15) is 14.4 Å². The number of aryl methyl sites for hydroxylation is 2. The van der Waals surface area contributed by atoms with Crippen molar-refractivity contribution in [3.05, 3.63) is 74.4 Å². The number of nitrogens with one attached hydrogen (secondary N) is 1. The monoisotopic (exact) mass is 393 g/mol. The van der Waals surface area contributed by atoms with Gasteiger partial charge in [-0.2, -0.15) is 0 Å². The highest BCUT2D eigenvalue weighted by Gasteiger charge is 2.23. The SMILES string of the molecule is CC[C@@H](C)NC(=O)[C@@H](C)n1c(=O)n(-c2ccc(C)c(C)c2)c(=O)c2ccccc21. The molecule has 29 heavy (non-hydrogen) atoms. The van der Waals surface area contributed by atoms with Crippen LogP contribution in [-0.4, -0.2) is 21.1 Å². The summed E-state index contributed by atoms with van der Waals surface area (Å²) in [6.45, 7) is 9.49. The number of hydrogen-bond donors (Lipinski definition) is 1. The zero-order valence-corrected chi connectivity index (χ0v) is 17.5. The van der Waals surface area contributed by atoms with Crippen LogP contribution in [0.15, 0.2) is 52.1 Å². The van der Waals surface area contributed by atoms with Gasteiger partial charge in [-0.3, -0.25) is 14.2 Å². The number of rotatable bonds is 5. The summed E-state index contributed by atoms with van der Waals surface area (Å²) in [5.74, 6) is -0.253. The van der Waals surface area contributed by atoms with Crippen molar-refractivity contribution in [2.75, 3.05) is 0 Å². The summed E-state index contributed by atoms with van der Waals surface area (Å²) in [6.07, 6.45) is 0.788. The van der Waals surface area contributed by atoms with Crippen molar-refractivity contribution >= 4 is 16.8 Å². The number of benzene rings is 2. The molecule has 0 fully saturated rings. The van der Waals surface area contributed by atoms with Crippen LogP contribution in [-0.2, 0) is 4.79 Å². The number of hydrogen-bond acceptors (Lipinski definition) is 3. The van der Waals surface area contributed by atoms with Gasteiger partial charge >= 0.3 is 5.69 Å². The van der Waals surface area contributed by atoms with E-state index in [1.165, 1.54) is 4.57 Å². The molecule has 3 aromatic rings. The molecular weight excluding hydrogens is 366 g/mol. The molecule has 0 spiro atoms. The van der Waals surface area contributed by atoms with Crippen LogP contribution in [0.5, 0.6) is 0 Å². The minimum atomic E-state index is -0.764. The summed E-state index contributed by atoms with van der Waals surface area (Å²) in [4.78, 5) is 39.4. The van der Waals surface area contributed by atoms with Crippen molar-refractivity contribution in [2.24, 2.45) is 0 Å². The fourth-order valence-electron chi connectivity index (χ4n) is 3.33. The molecule has 2 atom stereocenters. The number of carbonyl (C=O) groups is 1. The lowest BCUT2D eigenvalue weighted by molar-refractivity contribution is -0.124. The molecule has 1 aromatic heterocycles. The molecule has 0 aliphatic rings. The number of carbonyl (C=O) groups excluding carboxylic acids is 1. The normalized spacial score (nSPS) is 13.3. The molecule has 3 rings (SSSR count). The van der Waals surface area contributed by atoms with E-state index in [0.29, 0.717) is 16.6 Å². The Bertz CT molecular complexity index is 1190. The van der Waals surface area contributed by atoms with Gasteiger partial charge in [-0.05, 0) is 69.5 Å². The lowest BCUT2D eigenvalue weighted by Gasteiger charge is -2.21. The molecule has 0 aliphatic carbocycles. The highest BCUT2D eigenvalue weighted by molar-refractivity contribution is 5.84. The Morgan fingerprint density at radius 1 is 1.03 bits per heavy atom. The topological polar surface area (TPSA) is 73.1 Å². The van der Waals surface area contributed by atoms with E-state index in [2.05, 4.69) is 5.32 Å². The van der Waals surface area contributed by atoms with Crippen LogP contribution in [0.4, 0.5) is 0 Å². The number of nitrogens with zero attached hydrogens (tertiary/aromatic N) is 2. The van der Waals surface area contributed by atoms with Crippen LogP contribution in [0.1, 0.15) is 44.4 Å². The quantitative estimate of drug-likeness (QED) is 0.723. The molecular formula is C23H27N3O3. The molecule has 2 aromatic carbocycles. The van der Waals surface area contributed by atoms with Crippen molar-refractivity contribution in [3.8, 4) is 5.69 Å². The van der Waals surface area contributed by atoms with Crippen molar-refractivity contribution in [1.82, 2.24) is 14.5 Å². The van der Waals surface area contributed by atoms with Crippen LogP contribution >= 0.6 is 0 Å². The van der Waals surface area contributed by atoms with Gasteiger partial charge in [0.1, 0.15) is 6.04 Å². The maximum atomic E-state index is 13.4. The van der Waals surface area contributed by atoms with E-state index < -0.39 is 11.7 Å². The van der Waals surface area contributed by atoms with Crippen molar-refractivity contribution in [1.29, 1.82) is 0 Å². The van der Waals surface area contributed by atoms with Gasteiger partial charge in [0.15, 0.2) is 0 Å². The lowest BCUT2D eigenvalue weighted by atomic mass is 10.1. The van der Waals surface area contributed by atoms with Crippen LogP contribution < -0.4 is 16.6 Å². The number of fused-ring (bicyclic) bond motifs is 1. The van der Waals surface area contributed by atoms with Gasteiger partial charge in [0.05, 0.1) is 16.6 Å². The molecule has 0 bridgehead atoms. The molecule has 0 saturated heterocycles. The van der Waals surface area contributed by atoms with E-state index in [1.54, 1.807) is 37.3 Å². The standard InChI is InChI=1S/C23H27N3O3/c1-6-16(4)24-21(27)17(5)25-20-10-8-7-9-19(20)22(28)26(23(25)29)18-12-11-14(2)15(3)13-18/h7-13,16-17H,6H2,1-5H3,(H,24,27)/t16-,17-/m1/s1. The summed E-state index contributed by atoms with van der Waals surface area (Å²) in [5, 5.41) is 3.32. The Morgan fingerprint density at radius 2 is 1.72 bits per heavy atom. The van der Waals surface area contributed by atoms with E-state index in [1.807, 2.05) is 39.8 Å². The second kappa shape index (κ2) is 8.07. The maximum absolute atomic E-state index is 13.4. The first-order chi connectivity index (χ1) is 13.8. The Kier molecular flexibility index (Phi) is 5.73. The summed E-state index contributed by atoms with van der Waals surface area (Å²) in [7, 11) is 0. The van der Waals surface area contributed by atoms with Gasteiger partial charge < -0.3 is 5.32 Å². The zero-order chi connectivity index (χ0) is 21.3. The first kappa shape index (κ1) is 20.6. The van der Waals surface area contributed by atoms with Crippen molar-refractivity contribution in [3.63, 3.8) is 0 Å². The average Bonchev–Trinajstić information content (AvgIpc) is 2.70. The Morgan fingerprint density at radius 3 is 2.38 bits per heavy atom. The second-order valence-electron chi connectivity index (χ2n) is 7.57. The largest absolute Gasteiger partial charge is 0.352 e. The fourth-order valence-corrected chi connectivity index (χ4v) is 3.33. The maximum Gasteiger partial charge on any atom is 0.336 e. The van der Waals surface area contributed by atoms with Gasteiger partial charge in [0.25, 0.3) is 5.56 Å². The van der Waals surface area contributed by atoms with Crippen molar-refractivity contribution in [2.45, 2.75) is 53.1 Å². The Hall–Kier alpha value is -3.15. The molecule has 0 radical (unpaired) electrons. The van der Waals surface area contributed by atoms with E-state index in [4.69, 9.17) is 0 Å². The molecule has 6 heteroatoms. The first-order valence-corrected chi connectivity index (χ1v) is 9.90. The first-order valence-electron chi connectivity index (χ1n) is 9.90. The molecule has 0 unspecified atom stereocenters. The molecule has 1 amide bonds. The van der Waals surface area contributed by atoms with Gasteiger partial charge in [-0.1, -0.05) is 25.1 Å². The minimum absolute atomic E-state index is 0.00225. The molecule has 1 N–H and O–H groups in total. The smallest absolute Gasteiger partial charge is 0.336 e. The number of para-hydroxylation sites is 1. The highest BCUT2D eigenvalue weighted by Crippen LogP contribution is 2.16. The summed E-state index contributed by atoms with van der Waals surface area (Å²) >= 11 is 0. The average molecular weight is 393 g/mol.